The number of carbonyl (C=O) groups is 1. The highest BCUT2D eigenvalue weighted by molar-refractivity contribution is 9.10. The highest BCUT2D eigenvalue weighted by atomic mass is 79.9. The van der Waals surface area contributed by atoms with Crippen LogP contribution in [0, 0.1) is 0 Å². The number of carbonyl (C=O) groups excluding carboxylic acids is 1. The first-order chi connectivity index (χ1) is 9.16. The fourth-order valence-corrected chi connectivity index (χ4v) is 1.94. The average molecular weight is 320 g/mol. The van der Waals surface area contributed by atoms with E-state index in [0.29, 0.717) is 12.1 Å². The first-order valence-electron chi connectivity index (χ1n) is 5.92. The molecule has 0 saturated carbocycles. The smallest absolute Gasteiger partial charge is 0.253 e. The number of aliphatic hydroxyl groups is 1. The number of hydrogen-bond acceptors (Lipinski definition) is 2. The SMILES string of the molecule is O=C(NCc1ccc(Br)cc1)C(O)c1ccccc1. The molecular formula is C15H14BrNO2. The summed E-state index contributed by atoms with van der Waals surface area (Å²) in [6.45, 7) is 0.399. The third-order valence-electron chi connectivity index (χ3n) is 2.74. The highest BCUT2D eigenvalue weighted by Crippen LogP contribution is 2.13. The Labute approximate surface area is 120 Å². The maximum absolute atomic E-state index is 11.8. The lowest BCUT2D eigenvalue weighted by molar-refractivity contribution is -0.129. The molecule has 4 heteroatoms. The summed E-state index contributed by atoms with van der Waals surface area (Å²) in [5.41, 5.74) is 1.58. The Hall–Kier alpha value is -1.65. The molecule has 2 N–H and O–H groups in total. The molecular weight excluding hydrogens is 306 g/mol. The van der Waals surface area contributed by atoms with Crippen molar-refractivity contribution in [3.05, 3.63) is 70.2 Å². The van der Waals surface area contributed by atoms with E-state index < -0.39 is 12.0 Å². The predicted molar refractivity (Wildman–Crippen MR) is 77.4 cm³/mol. The fraction of sp³-hybridized carbons (Fsp3) is 0.133. The third kappa shape index (κ3) is 3.91. The molecule has 0 saturated heterocycles. The Bertz CT molecular complexity index is 540. The van der Waals surface area contributed by atoms with Gasteiger partial charge in [-0.3, -0.25) is 4.79 Å². The molecule has 2 rings (SSSR count). The number of benzene rings is 2. The van der Waals surface area contributed by atoms with Gasteiger partial charge in [-0.1, -0.05) is 58.4 Å². The van der Waals surface area contributed by atoms with E-state index in [1.54, 1.807) is 24.3 Å². The van der Waals surface area contributed by atoms with Gasteiger partial charge in [-0.05, 0) is 23.3 Å². The summed E-state index contributed by atoms with van der Waals surface area (Å²) in [7, 11) is 0. The molecule has 0 bridgehead atoms. The Morgan fingerprint density at radius 2 is 1.74 bits per heavy atom. The van der Waals surface area contributed by atoms with Gasteiger partial charge in [-0.25, -0.2) is 0 Å². The van der Waals surface area contributed by atoms with Gasteiger partial charge >= 0.3 is 0 Å². The summed E-state index contributed by atoms with van der Waals surface area (Å²) in [6.07, 6.45) is -1.13. The maximum atomic E-state index is 11.8. The van der Waals surface area contributed by atoms with E-state index in [4.69, 9.17) is 0 Å². The number of rotatable bonds is 4. The van der Waals surface area contributed by atoms with Crippen LogP contribution in [-0.2, 0) is 11.3 Å². The molecule has 0 aromatic heterocycles. The van der Waals surface area contributed by atoms with E-state index in [1.165, 1.54) is 0 Å². The van der Waals surface area contributed by atoms with Gasteiger partial charge in [0.1, 0.15) is 0 Å². The molecule has 1 amide bonds. The molecule has 19 heavy (non-hydrogen) atoms. The van der Waals surface area contributed by atoms with Crippen LogP contribution in [0.3, 0.4) is 0 Å². The zero-order valence-corrected chi connectivity index (χ0v) is 11.8. The largest absolute Gasteiger partial charge is 0.378 e. The number of amides is 1. The Balaban J connectivity index is 1.93. The molecule has 1 unspecified atom stereocenters. The van der Waals surface area contributed by atoms with Crippen molar-refractivity contribution in [1.82, 2.24) is 5.32 Å². The molecule has 1 atom stereocenters. The van der Waals surface area contributed by atoms with Crippen LogP contribution >= 0.6 is 15.9 Å². The third-order valence-corrected chi connectivity index (χ3v) is 3.27. The van der Waals surface area contributed by atoms with Crippen LogP contribution in [0.15, 0.2) is 59.1 Å². The number of aliphatic hydroxyl groups excluding tert-OH is 1. The second kappa shape index (κ2) is 6.50. The molecule has 0 heterocycles. The van der Waals surface area contributed by atoms with Crippen molar-refractivity contribution in [3.63, 3.8) is 0 Å². The Morgan fingerprint density at radius 3 is 2.37 bits per heavy atom. The normalized spacial score (nSPS) is 11.9. The number of halogens is 1. The first-order valence-corrected chi connectivity index (χ1v) is 6.71. The summed E-state index contributed by atoms with van der Waals surface area (Å²) in [5.74, 6) is -0.394. The first kappa shape index (κ1) is 13.8. The summed E-state index contributed by atoms with van der Waals surface area (Å²) in [4.78, 5) is 11.8. The van der Waals surface area contributed by atoms with Gasteiger partial charge in [0, 0.05) is 11.0 Å². The highest BCUT2D eigenvalue weighted by Gasteiger charge is 2.16. The van der Waals surface area contributed by atoms with E-state index in [1.807, 2.05) is 30.3 Å². The van der Waals surface area contributed by atoms with Crippen molar-refractivity contribution in [2.24, 2.45) is 0 Å². The van der Waals surface area contributed by atoms with Gasteiger partial charge < -0.3 is 10.4 Å². The van der Waals surface area contributed by atoms with E-state index in [9.17, 15) is 9.90 Å². The quantitative estimate of drug-likeness (QED) is 0.910. The van der Waals surface area contributed by atoms with Crippen molar-refractivity contribution in [2.45, 2.75) is 12.6 Å². The van der Waals surface area contributed by atoms with Crippen LogP contribution in [0.4, 0.5) is 0 Å². The van der Waals surface area contributed by atoms with Gasteiger partial charge in [0.2, 0.25) is 0 Å². The lowest BCUT2D eigenvalue weighted by Crippen LogP contribution is -2.28. The van der Waals surface area contributed by atoms with Crippen LogP contribution in [0.5, 0.6) is 0 Å². The average Bonchev–Trinajstić information content (AvgIpc) is 2.46. The van der Waals surface area contributed by atoms with Crippen molar-refractivity contribution < 1.29 is 9.90 Å². The molecule has 0 aliphatic heterocycles. The lowest BCUT2D eigenvalue weighted by Gasteiger charge is -2.11. The molecule has 0 radical (unpaired) electrons. The molecule has 2 aromatic carbocycles. The molecule has 0 spiro atoms. The zero-order valence-electron chi connectivity index (χ0n) is 10.2. The van der Waals surface area contributed by atoms with Crippen LogP contribution in [0.2, 0.25) is 0 Å². The van der Waals surface area contributed by atoms with Gasteiger partial charge in [-0.2, -0.15) is 0 Å². The van der Waals surface area contributed by atoms with Crippen LogP contribution in [0.25, 0.3) is 0 Å². The summed E-state index contributed by atoms with van der Waals surface area (Å²) >= 11 is 3.35. The number of nitrogens with one attached hydrogen (secondary N) is 1. The Morgan fingerprint density at radius 1 is 1.11 bits per heavy atom. The molecule has 3 nitrogen and oxygen atoms in total. The standard InChI is InChI=1S/C15H14BrNO2/c16-13-8-6-11(7-9-13)10-17-15(19)14(18)12-4-2-1-3-5-12/h1-9,14,18H,10H2,(H,17,19). The van der Waals surface area contributed by atoms with E-state index >= 15 is 0 Å². The maximum Gasteiger partial charge on any atom is 0.253 e. The second-order valence-electron chi connectivity index (χ2n) is 4.16. The second-order valence-corrected chi connectivity index (χ2v) is 5.07. The van der Waals surface area contributed by atoms with Crippen LogP contribution in [0.1, 0.15) is 17.2 Å². The zero-order chi connectivity index (χ0) is 13.7. The van der Waals surface area contributed by atoms with Gasteiger partial charge in [0.25, 0.3) is 5.91 Å². The molecule has 0 aliphatic carbocycles. The summed E-state index contributed by atoms with van der Waals surface area (Å²) in [5, 5.41) is 12.6. The van der Waals surface area contributed by atoms with Gasteiger partial charge in [0.05, 0.1) is 0 Å². The molecule has 0 fully saturated rings. The van der Waals surface area contributed by atoms with E-state index in [2.05, 4.69) is 21.2 Å². The Kier molecular flexibility index (Phi) is 4.71. The minimum absolute atomic E-state index is 0.394. The van der Waals surface area contributed by atoms with Crippen molar-refractivity contribution in [2.75, 3.05) is 0 Å². The summed E-state index contributed by atoms with van der Waals surface area (Å²) in [6, 6.07) is 16.5. The lowest BCUT2D eigenvalue weighted by atomic mass is 10.1. The van der Waals surface area contributed by atoms with Crippen molar-refractivity contribution in [3.8, 4) is 0 Å². The van der Waals surface area contributed by atoms with Gasteiger partial charge in [-0.15, -0.1) is 0 Å². The minimum atomic E-state index is -1.13. The van der Waals surface area contributed by atoms with E-state index in [-0.39, 0.29) is 0 Å². The van der Waals surface area contributed by atoms with Crippen LogP contribution < -0.4 is 5.32 Å². The molecule has 2 aromatic rings. The molecule has 98 valence electrons. The minimum Gasteiger partial charge on any atom is -0.378 e. The fourth-order valence-electron chi connectivity index (χ4n) is 1.67. The topological polar surface area (TPSA) is 49.3 Å². The van der Waals surface area contributed by atoms with Gasteiger partial charge in [0.15, 0.2) is 6.10 Å². The monoisotopic (exact) mass is 319 g/mol. The van der Waals surface area contributed by atoms with Crippen molar-refractivity contribution in [1.29, 1.82) is 0 Å². The van der Waals surface area contributed by atoms with Crippen molar-refractivity contribution >= 4 is 21.8 Å². The van der Waals surface area contributed by atoms with Crippen LogP contribution in [-0.4, -0.2) is 11.0 Å². The summed E-state index contributed by atoms with van der Waals surface area (Å²) < 4.78 is 0.992. The number of hydrogen-bond donors (Lipinski definition) is 2. The van der Waals surface area contributed by atoms with E-state index in [0.717, 1.165) is 10.0 Å². The predicted octanol–water partition coefficient (Wildman–Crippen LogP) is 2.80. The molecule has 0 aliphatic rings.